The van der Waals surface area contributed by atoms with E-state index in [0.29, 0.717) is 0 Å². The first kappa shape index (κ1) is 14.8. The van der Waals surface area contributed by atoms with Gasteiger partial charge in [-0.3, -0.25) is 0 Å². The van der Waals surface area contributed by atoms with Crippen LogP contribution in [0, 0.1) is 11.3 Å². The highest BCUT2D eigenvalue weighted by Gasteiger charge is 2.41. The molecule has 0 saturated heterocycles. The van der Waals surface area contributed by atoms with Crippen molar-refractivity contribution in [1.29, 1.82) is 0 Å². The molecule has 102 valence electrons. The lowest BCUT2D eigenvalue weighted by Gasteiger charge is -2.40. The SMILES string of the molecule is OCC(CO)(CCC(F)(F)F)C1CCCCC1. The molecule has 0 spiro atoms. The van der Waals surface area contributed by atoms with Crippen molar-refractivity contribution < 1.29 is 23.4 Å². The first-order valence-corrected chi connectivity index (χ1v) is 6.22. The third-order valence-electron chi connectivity index (χ3n) is 4.01. The van der Waals surface area contributed by atoms with Crippen molar-refractivity contribution in [1.82, 2.24) is 0 Å². The Balaban J connectivity index is 2.66. The molecule has 0 radical (unpaired) electrons. The lowest BCUT2D eigenvalue weighted by Crippen LogP contribution is -2.40. The fourth-order valence-corrected chi connectivity index (χ4v) is 2.78. The number of aliphatic hydroxyl groups excluding tert-OH is 2. The van der Waals surface area contributed by atoms with Gasteiger partial charge < -0.3 is 10.2 Å². The molecule has 0 heterocycles. The summed E-state index contributed by atoms with van der Waals surface area (Å²) < 4.78 is 36.8. The maximum absolute atomic E-state index is 12.3. The van der Waals surface area contributed by atoms with E-state index < -0.39 is 18.0 Å². The minimum Gasteiger partial charge on any atom is -0.396 e. The first-order chi connectivity index (χ1) is 7.93. The molecule has 1 fully saturated rings. The average molecular weight is 254 g/mol. The van der Waals surface area contributed by atoms with Crippen LogP contribution in [-0.2, 0) is 0 Å². The van der Waals surface area contributed by atoms with Gasteiger partial charge in [-0.1, -0.05) is 19.3 Å². The van der Waals surface area contributed by atoms with Crippen LogP contribution in [0.3, 0.4) is 0 Å². The van der Waals surface area contributed by atoms with E-state index in [2.05, 4.69) is 0 Å². The molecule has 0 aromatic rings. The van der Waals surface area contributed by atoms with Crippen molar-refractivity contribution in [2.24, 2.45) is 11.3 Å². The predicted molar refractivity (Wildman–Crippen MR) is 58.5 cm³/mol. The summed E-state index contributed by atoms with van der Waals surface area (Å²) in [5.41, 5.74) is -0.948. The van der Waals surface area contributed by atoms with Crippen molar-refractivity contribution in [3.05, 3.63) is 0 Å². The molecule has 0 amide bonds. The van der Waals surface area contributed by atoms with E-state index in [1.165, 1.54) is 0 Å². The molecule has 1 aliphatic carbocycles. The van der Waals surface area contributed by atoms with Crippen LogP contribution in [0.1, 0.15) is 44.9 Å². The Labute approximate surface area is 99.8 Å². The standard InChI is InChI=1S/C12H21F3O2/c13-12(14,15)7-6-11(8-16,9-17)10-4-2-1-3-5-10/h10,16-17H,1-9H2. The highest BCUT2D eigenvalue weighted by molar-refractivity contribution is 4.88. The van der Waals surface area contributed by atoms with Crippen LogP contribution in [0.15, 0.2) is 0 Å². The summed E-state index contributed by atoms with van der Waals surface area (Å²) in [6.07, 6.45) is -0.611. The van der Waals surface area contributed by atoms with Crippen LogP contribution in [0.2, 0.25) is 0 Å². The molecule has 1 aliphatic rings. The van der Waals surface area contributed by atoms with Crippen LogP contribution >= 0.6 is 0 Å². The van der Waals surface area contributed by atoms with E-state index in [-0.39, 0.29) is 25.6 Å². The van der Waals surface area contributed by atoms with Gasteiger partial charge in [0.2, 0.25) is 0 Å². The second kappa shape index (κ2) is 6.05. The topological polar surface area (TPSA) is 40.5 Å². The molecule has 2 N–H and O–H groups in total. The summed E-state index contributed by atoms with van der Waals surface area (Å²) in [5, 5.41) is 18.8. The molecular formula is C12H21F3O2. The van der Waals surface area contributed by atoms with Crippen molar-refractivity contribution >= 4 is 0 Å². The summed E-state index contributed by atoms with van der Waals surface area (Å²) in [4.78, 5) is 0. The Morgan fingerprint density at radius 1 is 0.882 bits per heavy atom. The van der Waals surface area contributed by atoms with Gasteiger partial charge in [-0.2, -0.15) is 13.2 Å². The predicted octanol–water partition coefficient (Wildman–Crippen LogP) is 2.88. The van der Waals surface area contributed by atoms with Gasteiger partial charge in [0.05, 0.1) is 13.2 Å². The van der Waals surface area contributed by atoms with Gasteiger partial charge >= 0.3 is 6.18 Å². The zero-order valence-corrected chi connectivity index (χ0v) is 9.97. The number of hydrogen-bond donors (Lipinski definition) is 2. The third-order valence-corrected chi connectivity index (χ3v) is 4.01. The lowest BCUT2D eigenvalue weighted by molar-refractivity contribution is -0.149. The van der Waals surface area contributed by atoms with Crippen LogP contribution in [0.4, 0.5) is 13.2 Å². The highest BCUT2D eigenvalue weighted by Crippen LogP contribution is 2.43. The van der Waals surface area contributed by atoms with Crippen molar-refractivity contribution in [3.8, 4) is 0 Å². The van der Waals surface area contributed by atoms with E-state index in [9.17, 15) is 23.4 Å². The summed E-state index contributed by atoms with van der Waals surface area (Å²) in [7, 11) is 0. The van der Waals surface area contributed by atoms with Crippen LogP contribution < -0.4 is 0 Å². The van der Waals surface area contributed by atoms with Crippen molar-refractivity contribution in [2.45, 2.75) is 51.1 Å². The minimum absolute atomic E-state index is 0.0219. The fraction of sp³-hybridized carbons (Fsp3) is 1.00. The van der Waals surface area contributed by atoms with E-state index in [1.807, 2.05) is 0 Å². The smallest absolute Gasteiger partial charge is 0.389 e. The summed E-state index contributed by atoms with van der Waals surface area (Å²) in [6, 6.07) is 0. The largest absolute Gasteiger partial charge is 0.396 e. The zero-order chi connectivity index (χ0) is 12.9. The molecule has 17 heavy (non-hydrogen) atoms. The van der Waals surface area contributed by atoms with Gasteiger partial charge in [-0.05, 0) is 25.2 Å². The van der Waals surface area contributed by atoms with Gasteiger partial charge in [-0.25, -0.2) is 0 Å². The molecule has 0 aliphatic heterocycles. The van der Waals surface area contributed by atoms with E-state index in [0.717, 1.165) is 32.1 Å². The van der Waals surface area contributed by atoms with Crippen LogP contribution in [0.5, 0.6) is 0 Å². The Hall–Kier alpha value is -0.290. The van der Waals surface area contributed by atoms with Crippen molar-refractivity contribution in [3.63, 3.8) is 0 Å². The molecule has 0 aromatic carbocycles. The molecule has 0 bridgehead atoms. The summed E-state index contributed by atoms with van der Waals surface area (Å²) in [6.45, 7) is -0.714. The average Bonchev–Trinajstić information content (AvgIpc) is 2.31. The van der Waals surface area contributed by atoms with Gasteiger partial charge in [-0.15, -0.1) is 0 Å². The normalized spacial score (nSPS) is 19.6. The molecule has 0 aromatic heterocycles. The minimum atomic E-state index is -4.22. The number of hydrogen-bond acceptors (Lipinski definition) is 2. The summed E-state index contributed by atoms with van der Waals surface area (Å²) >= 11 is 0. The molecule has 1 rings (SSSR count). The quantitative estimate of drug-likeness (QED) is 0.792. The molecule has 1 saturated carbocycles. The van der Waals surface area contributed by atoms with Gasteiger partial charge in [0.15, 0.2) is 0 Å². The second-order valence-electron chi connectivity index (χ2n) is 5.13. The van der Waals surface area contributed by atoms with E-state index in [4.69, 9.17) is 0 Å². The highest BCUT2D eigenvalue weighted by atomic mass is 19.4. The molecule has 0 unspecified atom stereocenters. The Morgan fingerprint density at radius 2 is 1.41 bits per heavy atom. The zero-order valence-electron chi connectivity index (χ0n) is 9.97. The fourth-order valence-electron chi connectivity index (χ4n) is 2.78. The number of halogens is 3. The van der Waals surface area contributed by atoms with Gasteiger partial charge in [0, 0.05) is 11.8 Å². The van der Waals surface area contributed by atoms with Crippen LogP contribution in [0.25, 0.3) is 0 Å². The number of alkyl halides is 3. The van der Waals surface area contributed by atoms with Crippen molar-refractivity contribution in [2.75, 3.05) is 13.2 Å². The second-order valence-corrected chi connectivity index (χ2v) is 5.13. The maximum atomic E-state index is 12.3. The van der Waals surface area contributed by atoms with E-state index >= 15 is 0 Å². The third kappa shape index (κ3) is 4.14. The van der Waals surface area contributed by atoms with E-state index in [1.54, 1.807) is 0 Å². The maximum Gasteiger partial charge on any atom is 0.389 e. The Bertz CT molecular complexity index is 218. The van der Waals surface area contributed by atoms with Gasteiger partial charge in [0.1, 0.15) is 0 Å². The summed E-state index contributed by atoms with van der Waals surface area (Å²) in [5.74, 6) is 0.0219. The molecule has 5 heteroatoms. The monoisotopic (exact) mass is 254 g/mol. The number of aliphatic hydroxyl groups is 2. The first-order valence-electron chi connectivity index (χ1n) is 6.22. The molecule has 2 nitrogen and oxygen atoms in total. The van der Waals surface area contributed by atoms with Gasteiger partial charge in [0.25, 0.3) is 0 Å². The Kier molecular flexibility index (Phi) is 5.25. The molecule has 0 atom stereocenters. The Morgan fingerprint density at radius 3 is 1.82 bits per heavy atom. The number of rotatable bonds is 5. The molecular weight excluding hydrogens is 233 g/mol. The lowest BCUT2D eigenvalue weighted by atomic mass is 9.67. The van der Waals surface area contributed by atoms with Crippen LogP contribution in [-0.4, -0.2) is 29.6 Å².